The van der Waals surface area contributed by atoms with E-state index in [1.54, 1.807) is 0 Å². The van der Waals surface area contributed by atoms with Crippen molar-refractivity contribution in [2.24, 2.45) is 0 Å². The highest BCUT2D eigenvalue weighted by molar-refractivity contribution is 9.10. The van der Waals surface area contributed by atoms with Crippen LogP contribution < -0.4 is 0 Å². The topological polar surface area (TPSA) is 36.7 Å². The van der Waals surface area contributed by atoms with Gasteiger partial charge in [-0.3, -0.25) is 0 Å². The molecule has 4 aromatic rings. The fourth-order valence-electron chi connectivity index (χ4n) is 2.87. The molecule has 0 N–H and O–H groups in total. The van der Waals surface area contributed by atoms with E-state index >= 15 is 0 Å². The molecule has 0 amide bonds. The van der Waals surface area contributed by atoms with E-state index in [0.29, 0.717) is 5.57 Å². The van der Waals surface area contributed by atoms with Gasteiger partial charge in [-0.05, 0) is 34.5 Å². The Morgan fingerprint density at radius 2 is 1.85 bits per heavy atom. The smallest absolute Gasteiger partial charge is 0.134 e. The minimum atomic E-state index is 0.569. The Labute approximate surface area is 164 Å². The lowest BCUT2D eigenvalue weighted by atomic mass is 10.0. The quantitative estimate of drug-likeness (QED) is 0.344. The van der Waals surface area contributed by atoms with Crippen LogP contribution in [0.25, 0.3) is 33.7 Å². The number of allylic oxidation sites excluding steroid dienone is 1. The van der Waals surface area contributed by atoms with Crippen molar-refractivity contribution in [3.63, 3.8) is 0 Å². The van der Waals surface area contributed by atoms with Crippen molar-refractivity contribution in [2.45, 2.75) is 0 Å². The molecule has 2 nitrogen and oxygen atoms in total. The summed E-state index contributed by atoms with van der Waals surface area (Å²) in [6.45, 7) is 0. The van der Waals surface area contributed by atoms with Crippen LogP contribution in [-0.2, 0) is 0 Å². The van der Waals surface area contributed by atoms with Gasteiger partial charge in [-0.15, -0.1) is 11.3 Å². The van der Waals surface area contributed by atoms with Crippen LogP contribution in [0.4, 0.5) is 0 Å². The molecule has 1 heterocycles. The zero-order valence-electron chi connectivity index (χ0n) is 13.7. The van der Waals surface area contributed by atoms with E-state index in [0.717, 1.165) is 26.3 Å². The second kappa shape index (κ2) is 7.25. The Kier molecular flexibility index (Phi) is 4.66. The van der Waals surface area contributed by atoms with E-state index in [-0.39, 0.29) is 0 Å². The third-order valence-corrected chi connectivity index (χ3v) is 5.45. The molecule has 3 aromatic carbocycles. The van der Waals surface area contributed by atoms with E-state index in [4.69, 9.17) is 4.98 Å². The van der Waals surface area contributed by atoms with Crippen LogP contribution in [0.2, 0.25) is 0 Å². The zero-order chi connectivity index (χ0) is 17.9. The van der Waals surface area contributed by atoms with E-state index in [1.807, 2.05) is 53.9 Å². The van der Waals surface area contributed by atoms with Crippen molar-refractivity contribution in [3.8, 4) is 17.3 Å². The highest BCUT2D eigenvalue weighted by Gasteiger charge is 2.11. The minimum Gasteiger partial charge on any atom is -0.235 e. The van der Waals surface area contributed by atoms with Crippen molar-refractivity contribution in [1.29, 1.82) is 5.26 Å². The van der Waals surface area contributed by atoms with Gasteiger partial charge >= 0.3 is 0 Å². The van der Waals surface area contributed by atoms with E-state index in [2.05, 4.69) is 46.3 Å². The third kappa shape index (κ3) is 3.32. The average Bonchev–Trinajstić information content (AvgIpc) is 3.15. The number of thiazole rings is 1. The summed E-state index contributed by atoms with van der Waals surface area (Å²) in [6, 6.07) is 24.6. The number of hydrogen-bond acceptors (Lipinski definition) is 3. The molecule has 1 aromatic heterocycles. The Morgan fingerprint density at radius 1 is 1.04 bits per heavy atom. The first kappa shape index (κ1) is 16.7. The molecule has 0 atom stereocenters. The summed E-state index contributed by atoms with van der Waals surface area (Å²) in [5, 5.41) is 14.7. The second-order valence-electron chi connectivity index (χ2n) is 5.79. The van der Waals surface area contributed by atoms with Crippen molar-refractivity contribution < 1.29 is 0 Å². The molecule has 0 radical (unpaired) electrons. The molecule has 0 unspecified atom stereocenters. The van der Waals surface area contributed by atoms with Gasteiger partial charge in [0.1, 0.15) is 11.1 Å². The molecule has 0 aliphatic heterocycles. The fraction of sp³-hybridized carbons (Fsp3) is 0. The molecule has 124 valence electrons. The monoisotopic (exact) mass is 416 g/mol. The van der Waals surface area contributed by atoms with E-state index in [9.17, 15) is 5.26 Å². The maximum absolute atomic E-state index is 9.60. The number of nitriles is 1. The minimum absolute atomic E-state index is 0.569. The van der Waals surface area contributed by atoms with E-state index in [1.165, 1.54) is 22.1 Å². The van der Waals surface area contributed by atoms with Crippen LogP contribution >= 0.6 is 27.3 Å². The van der Waals surface area contributed by atoms with Crippen molar-refractivity contribution >= 4 is 49.7 Å². The number of halogens is 1. The standard InChI is InChI=1S/C22H13BrN2S/c23-18-8-3-5-15(12-18)11-17(13-24)22-25-21(14-26-22)20-10-4-7-16-6-1-2-9-19(16)20/h1-12,14H/b17-11+. The lowest BCUT2D eigenvalue weighted by molar-refractivity contribution is 1.38. The van der Waals surface area contributed by atoms with Gasteiger partial charge in [0.25, 0.3) is 0 Å². The summed E-state index contributed by atoms with van der Waals surface area (Å²) < 4.78 is 0.985. The molecule has 26 heavy (non-hydrogen) atoms. The summed E-state index contributed by atoms with van der Waals surface area (Å²) in [6.07, 6.45) is 1.87. The summed E-state index contributed by atoms with van der Waals surface area (Å²) in [7, 11) is 0. The van der Waals surface area contributed by atoms with Crippen LogP contribution in [-0.4, -0.2) is 4.98 Å². The number of benzene rings is 3. The predicted octanol–water partition coefficient (Wildman–Crippen LogP) is 6.79. The van der Waals surface area contributed by atoms with Gasteiger partial charge in [-0.1, -0.05) is 70.5 Å². The second-order valence-corrected chi connectivity index (χ2v) is 7.56. The van der Waals surface area contributed by atoms with Gasteiger partial charge in [0.15, 0.2) is 0 Å². The van der Waals surface area contributed by atoms with Gasteiger partial charge < -0.3 is 0 Å². The molecular formula is C22H13BrN2S. The predicted molar refractivity (Wildman–Crippen MR) is 113 cm³/mol. The first-order chi connectivity index (χ1) is 12.7. The average molecular weight is 417 g/mol. The van der Waals surface area contributed by atoms with Crippen LogP contribution in [0.3, 0.4) is 0 Å². The Bertz CT molecular complexity index is 1160. The van der Waals surface area contributed by atoms with Gasteiger partial charge in [0.2, 0.25) is 0 Å². The van der Waals surface area contributed by atoms with Crippen molar-refractivity contribution in [2.75, 3.05) is 0 Å². The number of nitrogens with zero attached hydrogens (tertiary/aromatic N) is 2. The molecule has 0 spiro atoms. The zero-order valence-corrected chi connectivity index (χ0v) is 16.1. The number of fused-ring (bicyclic) bond motifs is 1. The maximum Gasteiger partial charge on any atom is 0.134 e. The normalized spacial score (nSPS) is 11.5. The first-order valence-electron chi connectivity index (χ1n) is 8.06. The molecule has 4 heteroatoms. The number of hydrogen-bond donors (Lipinski definition) is 0. The van der Waals surface area contributed by atoms with Crippen LogP contribution in [0.5, 0.6) is 0 Å². The first-order valence-corrected chi connectivity index (χ1v) is 9.73. The maximum atomic E-state index is 9.60. The molecule has 0 bridgehead atoms. The Hall–Kier alpha value is -2.74. The lowest BCUT2D eigenvalue weighted by Crippen LogP contribution is -1.84. The molecule has 0 aliphatic rings. The molecule has 0 aliphatic carbocycles. The highest BCUT2D eigenvalue weighted by Crippen LogP contribution is 2.32. The van der Waals surface area contributed by atoms with Gasteiger partial charge in [0.05, 0.1) is 11.3 Å². The molecule has 4 rings (SSSR count). The summed E-state index contributed by atoms with van der Waals surface area (Å²) in [5.74, 6) is 0. The Morgan fingerprint density at radius 3 is 2.69 bits per heavy atom. The summed E-state index contributed by atoms with van der Waals surface area (Å²) in [4.78, 5) is 4.74. The molecule has 0 fully saturated rings. The summed E-state index contributed by atoms with van der Waals surface area (Å²) in [5.41, 5.74) is 3.53. The van der Waals surface area contributed by atoms with Crippen molar-refractivity contribution in [1.82, 2.24) is 4.98 Å². The van der Waals surface area contributed by atoms with Gasteiger partial charge in [0, 0.05) is 15.4 Å². The fourth-order valence-corrected chi connectivity index (χ4v) is 4.08. The Balaban J connectivity index is 1.76. The molecular weight excluding hydrogens is 404 g/mol. The number of aromatic nitrogens is 1. The SMILES string of the molecule is N#C/C(=C\c1cccc(Br)c1)c1nc(-c2cccc3ccccc23)cs1. The largest absolute Gasteiger partial charge is 0.235 e. The van der Waals surface area contributed by atoms with E-state index < -0.39 is 0 Å². The lowest BCUT2D eigenvalue weighted by Gasteiger charge is -2.03. The summed E-state index contributed by atoms with van der Waals surface area (Å²) >= 11 is 4.96. The number of rotatable bonds is 3. The van der Waals surface area contributed by atoms with Crippen molar-refractivity contribution in [3.05, 3.63) is 87.2 Å². The molecule has 0 saturated heterocycles. The van der Waals surface area contributed by atoms with Crippen LogP contribution in [0, 0.1) is 11.3 Å². The third-order valence-electron chi connectivity index (χ3n) is 4.08. The van der Waals surface area contributed by atoms with Gasteiger partial charge in [-0.25, -0.2) is 4.98 Å². The highest BCUT2D eigenvalue weighted by atomic mass is 79.9. The van der Waals surface area contributed by atoms with Gasteiger partial charge in [-0.2, -0.15) is 5.26 Å². The molecule has 0 saturated carbocycles. The van der Waals surface area contributed by atoms with Crippen LogP contribution in [0.15, 0.2) is 76.6 Å². The van der Waals surface area contributed by atoms with Crippen LogP contribution in [0.1, 0.15) is 10.6 Å².